The smallest absolute Gasteiger partial charge is 0.303 e. The van der Waals surface area contributed by atoms with E-state index in [1.807, 2.05) is 0 Å². The van der Waals surface area contributed by atoms with Gasteiger partial charge < -0.3 is 15.4 Å². The van der Waals surface area contributed by atoms with Gasteiger partial charge in [0.15, 0.2) is 0 Å². The average Bonchev–Trinajstić information content (AvgIpc) is 3.36. The molecule has 1 saturated carbocycles. The van der Waals surface area contributed by atoms with Gasteiger partial charge in [-0.05, 0) is 48.9 Å². The van der Waals surface area contributed by atoms with Crippen LogP contribution in [0.15, 0.2) is 42.5 Å². The molecule has 1 aliphatic carbocycles. The van der Waals surface area contributed by atoms with E-state index in [1.54, 1.807) is 0 Å². The number of aliphatic carboxylic acids is 1. The number of nitrogens with two attached hydrogens (primary N) is 1. The van der Waals surface area contributed by atoms with Crippen LogP contribution in [0, 0.1) is 5.92 Å². The third-order valence-corrected chi connectivity index (χ3v) is 5.03. The molecule has 2 aromatic carbocycles. The van der Waals surface area contributed by atoms with E-state index in [2.05, 4.69) is 47.0 Å². The third-order valence-electron chi connectivity index (χ3n) is 5.03. The standard InChI is InChI=1S/C20H22N2O2/c21-17(8-10-20(23)24)14-7-9-19-16(11-14)15-3-1-2-4-18(15)22(19)12-13-5-6-13/h1-4,7,9,11,13,17H,5-6,8,10,12,21H2,(H,23,24). The number of hydrogen-bond donors (Lipinski definition) is 2. The van der Waals surface area contributed by atoms with E-state index in [-0.39, 0.29) is 12.5 Å². The molecular formula is C20H22N2O2. The summed E-state index contributed by atoms with van der Waals surface area (Å²) in [5, 5.41) is 11.3. The average molecular weight is 322 g/mol. The van der Waals surface area contributed by atoms with Crippen molar-refractivity contribution in [2.75, 3.05) is 0 Å². The van der Waals surface area contributed by atoms with Gasteiger partial charge in [0.2, 0.25) is 0 Å². The summed E-state index contributed by atoms with van der Waals surface area (Å²) in [5.41, 5.74) is 9.74. The molecule has 1 unspecified atom stereocenters. The predicted molar refractivity (Wildman–Crippen MR) is 96.0 cm³/mol. The monoisotopic (exact) mass is 322 g/mol. The fourth-order valence-electron chi connectivity index (χ4n) is 3.50. The lowest BCUT2D eigenvalue weighted by molar-refractivity contribution is -0.137. The van der Waals surface area contributed by atoms with E-state index in [1.165, 1.54) is 34.6 Å². The molecule has 1 heterocycles. The Hall–Kier alpha value is -2.33. The Kier molecular flexibility index (Phi) is 3.77. The number of nitrogens with zero attached hydrogens (tertiary/aromatic N) is 1. The van der Waals surface area contributed by atoms with Crippen LogP contribution in [0.3, 0.4) is 0 Å². The molecule has 0 amide bonds. The van der Waals surface area contributed by atoms with Gasteiger partial charge in [-0.3, -0.25) is 4.79 Å². The zero-order chi connectivity index (χ0) is 16.7. The van der Waals surface area contributed by atoms with E-state index in [0.717, 1.165) is 18.0 Å². The molecular weight excluding hydrogens is 300 g/mol. The number of carboxylic acids is 1. The maximum atomic E-state index is 10.8. The lowest BCUT2D eigenvalue weighted by Gasteiger charge is -2.11. The van der Waals surface area contributed by atoms with Crippen LogP contribution in [-0.4, -0.2) is 15.6 Å². The minimum Gasteiger partial charge on any atom is -0.481 e. The predicted octanol–water partition coefficient (Wildman–Crippen LogP) is 4.07. The van der Waals surface area contributed by atoms with Gasteiger partial charge in [0.1, 0.15) is 0 Å². The van der Waals surface area contributed by atoms with Crippen LogP contribution >= 0.6 is 0 Å². The number of hydrogen-bond acceptors (Lipinski definition) is 2. The minimum absolute atomic E-state index is 0.0998. The molecule has 4 nitrogen and oxygen atoms in total. The van der Waals surface area contributed by atoms with Gasteiger partial charge in [0.25, 0.3) is 0 Å². The molecule has 0 bridgehead atoms. The van der Waals surface area contributed by atoms with Crippen LogP contribution in [0.4, 0.5) is 0 Å². The summed E-state index contributed by atoms with van der Waals surface area (Å²) < 4.78 is 2.43. The summed E-state index contributed by atoms with van der Waals surface area (Å²) >= 11 is 0. The molecule has 0 saturated heterocycles. The number of rotatable bonds is 6. The zero-order valence-electron chi connectivity index (χ0n) is 13.6. The second-order valence-electron chi connectivity index (χ2n) is 6.89. The number of carbonyl (C=O) groups is 1. The van der Waals surface area contributed by atoms with E-state index in [4.69, 9.17) is 10.8 Å². The van der Waals surface area contributed by atoms with Crippen molar-refractivity contribution in [3.63, 3.8) is 0 Å². The number of aromatic nitrogens is 1. The molecule has 1 fully saturated rings. The van der Waals surface area contributed by atoms with Gasteiger partial charge >= 0.3 is 5.97 Å². The Morgan fingerprint density at radius 1 is 1.17 bits per heavy atom. The molecule has 4 rings (SSSR count). The minimum atomic E-state index is -0.799. The van der Waals surface area contributed by atoms with Gasteiger partial charge in [0, 0.05) is 40.8 Å². The molecule has 0 aliphatic heterocycles. The maximum Gasteiger partial charge on any atom is 0.303 e. The van der Waals surface area contributed by atoms with Crippen LogP contribution in [0.1, 0.15) is 37.3 Å². The molecule has 1 atom stereocenters. The highest BCUT2D eigenvalue weighted by molar-refractivity contribution is 6.08. The summed E-state index contributed by atoms with van der Waals surface area (Å²) in [6.45, 7) is 1.08. The van der Waals surface area contributed by atoms with Crippen molar-refractivity contribution in [1.82, 2.24) is 4.57 Å². The van der Waals surface area contributed by atoms with Gasteiger partial charge in [-0.1, -0.05) is 24.3 Å². The largest absolute Gasteiger partial charge is 0.481 e. The molecule has 124 valence electrons. The Bertz CT molecular complexity index is 909. The SMILES string of the molecule is NC(CCC(=O)O)c1ccc2c(c1)c1ccccc1n2CC1CC1. The molecule has 1 aliphatic rings. The van der Waals surface area contributed by atoms with Gasteiger partial charge in [0.05, 0.1) is 0 Å². The number of fused-ring (bicyclic) bond motifs is 3. The number of benzene rings is 2. The molecule has 0 spiro atoms. The summed E-state index contributed by atoms with van der Waals surface area (Å²) in [7, 11) is 0. The van der Waals surface area contributed by atoms with Gasteiger partial charge in [-0.25, -0.2) is 0 Å². The fraction of sp³-hybridized carbons (Fsp3) is 0.350. The Labute approximate surface area is 140 Å². The van der Waals surface area contributed by atoms with Crippen LogP contribution in [0.2, 0.25) is 0 Å². The normalized spacial score (nSPS) is 15.9. The fourth-order valence-corrected chi connectivity index (χ4v) is 3.50. The summed E-state index contributed by atoms with van der Waals surface area (Å²) in [4.78, 5) is 10.8. The van der Waals surface area contributed by atoms with Gasteiger partial charge in [-0.2, -0.15) is 0 Å². The van der Waals surface area contributed by atoms with E-state index < -0.39 is 5.97 Å². The highest BCUT2D eigenvalue weighted by atomic mass is 16.4. The Morgan fingerprint density at radius 3 is 2.67 bits per heavy atom. The molecule has 1 aromatic heterocycles. The highest BCUT2D eigenvalue weighted by Crippen LogP contribution is 2.36. The first-order chi connectivity index (χ1) is 11.6. The first-order valence-electron chi connectivity index (χ1n) is 8.62. The van der Waals surface area contributed by atoms with Crippen LogP contribution < -0.4 is 5.73 Å². The Morgan fingerprint density at radius 2 is 1.92 bits per heavy atom. The molecule has 3 aromatic rings. The summed E-state index contributed by atoms with van der Waals surface area (Å²) in [5.74, 6) is 0.00840. The number of para-hydroxylation sites is 1. The zero-order valence-corrected chi connectivity index (χ0v) is 13.6. The van der Waals surface area contributed by atoms with E-state index >= 15 is 0 Å². The lowest BCUT2D eigenvalue weighted by Crippen LogP contribution is -2.12. The molecule has 24 heavy (non-hydrogen) atoms. The van der Waals surface area contributed by atoms with E-state index in [0.29, 0.717) is 6.42 Å². The van der Waals surface area contributed by atoms with Crippen molar-refractivity contribution in [1.29, 1.82) is 0 Å². The summed E-state index contributed by atoms with van der Waals surface area (Å²) in [6.07, 6.45) is 3.21. The first-order valence-corrected chi connectivity index (χ1v) is 8.62. The van der Waals surface area contributed by atoms with E-state index in [9.17, 15) is 4.79 Å². The van der Waals surface area contributed by atoms with Gasteiger partial charge in [-0.15, -0.1) is 0 Å². The maximum absolute atomic E-state index is 10.8. The summed E-state index contributed by atoms with van der Waals surface area (Å²) in [6, 6.07) is 14.6. The second kappa shape index (κ2) is 5.95. The third kappa shape index (κ3) is 2.78. The second-order valence-corrected chi connectivity index (χ2v) is 6.89. The highest BCUT2D eigenvalue weighted by Gasteiger charge is 2.24. The van der Waals surface area contributed by atoms with Crippen molar-refractivity contribution in [3.8, 4) is 0 Å². The lowest BCUT2D eigenvalue weighted by atomic mass is 10.0. The molecule has 4 heteroatoms. The number of carboxylic acid groups (broad SMARTS) is 1. The molecule has 3 N–H and O–H groups in total. The Balaban J connectivity index is 1.78. The first kappa shape index (κ1) is 15.2. The van der Waals surface area contributed by atoms with Crippen molar-refractivity contribution in [3.05, 3.63) is 48.0 Å². The van der Waals surface area contributed by atoms with Crippen molar-refractivity contribution < 1.29 is 9.90 Å². The topological polar surface area (TPSA) is 68.2 Å². The van der Waals surface area contributed by atoms with Crippen molar-refractivity contribution in [2.24, 2.45) is 11.7 Å². The van der Waals surface area contributed by atoms with Crippen molar-refractivity contribution in [2.45, 2.75) is 38.3 Å². The van der Waals surface area contributed by atoms with Crippen LogP contribution in [0.5, 0.6) is 0 Å². The molecule has 0 radical (unpaired) electrons. The van der Waals surface area contributed by atoms with Crippen LogP contribution in [0.25, 0.3) is 21.8 Å². The van der Waals surface area contributed by atoms with Crippen LogP contribution in [-0.2, 0) is 11.3 Å². The van der Waals surface area contributed by atoms with Crippen molar-refractivity contribution >= 4 is 27.8 Å². The quantitative estimate of drug-likeness (QED) is 0.719.